The normalized spacial score (nSPS) is 10.5. The van der Waals surface area contributed by atoms with Crippen LogP contribution in [0.1, 0.15) is 16.1 Å². The van der Waals surface area contributed by atoms with E-state index in [1.807, 2.05) is 47.8 Å². The largest absolute Gasteiger partial charge is 0.493 e. The molecule has 0 bridgehead atoms. The molecule has 2 aromatic carbocycles. The Balaban J connectivity index is 1.42. The van der Waals surface area contributed by atoms with Crippen LogP contribution in [0.5, 0.6) is 11.5 Å². The van der Waals surface area contributed by atoms with E-state index in [1.54, 1.807) is 37.7 Å². The van der Waals surface area contributed by atoms with Crippen LogP contribution >= 0.6 is 11.3 Å². The van der Waals surface area contributed by atoms with Crippen LogP contribution in [0.2, 0.25) is 0 Å². The minimum atomic E-state index is -0.513. The zero-order valence-electron chi connectivity index (χ0n) is 18.4. The van der Waals surface area contributed by atoms with Crippen LogP contribution in [-0.2, 0) is 11.3 Å². The highest BCUT2D eigenvalue weighted by Crippen LogP contribution is 2.34. The Kier molecular flexibility index (Phi) is 6.80. The number of aromatic nitrogens is 3. The van der Waals surface area contributed by atoms with Crippen LogP contribution in [-0.4, -0.2) is 42.5 Å². The summed E-state index contributed by atoms with van der Waals surface area (Å²) in [6, 6.07) is 17.2. The molecule has 0 radical (unpaired) electrons. The molecule has 0 aliphatic heterocycles. The molecule has 8 nitrogen and oxygen atoms in total. The van der Waals surface area contributed by atoms with Crippen molar-refractivity contribution < 1.29 is 19.0 Å². The van der Waals surface area contributed by atoms with Crippen LogP contribution in [0.15, 0.2) is 60.0 Å². The van der Waals surface area contributed by atoms with E-state index in [1.165, 1.54) is 7.11 Å². The van der Waals surface area contributed by atoms with E-state index in [0.717, 1.165) is 27.4 Å². The summed E-state index contributed by atoms with van der Waals surface area (Å²) in [7, 11) is 4.54. The van der Waals surface area contributed by atoms with Crippen LogP contribution in [0.4, 0.5) is 5.82 Å². The van der Waals surface area contributed by atoms with Crippen LogP contribution < -0.4 is 14.8 Å². The van der Waals surface area contributed by atoms with Gasteiger partial charge in [-0.2, -0.15) is 0 Å². The average molecular weight is 463 g/mol. The molecule has 0 amide bonds. The number of methoxy groups -OCH3 is 3. The number of esters is 1. The maximum Gasteiger partial charge on any atom is 0.358 e. The molecule has 9 heteroatoms. The van der Waals surface area contributed by atoms with Crippen molar-refractivity contribution in [1.29, 1.82) is 0 Å². The summed E-state index contributed by atoms with van der Waals surface area (Å²) in [4.78, 5) is 16.2. The fourth-order valence-corrected chi connectivity index (χ4v) is 3.97. The maximum atomic E-state index is 11.4. The van der Waals surface area contributed by atoms with Crippen LogP contribution in [0, 0.1) is 0 Å². The number of benzene rings is 2. The summed E-state index contributed by atoms with van der Waals surface area (Å²) in [5, 5.41) is 14.0. The molecule has 0 aliphatic carbocycles. The highest BCUT2D eigenvalue weighted by Gasteiger charge is 2.11. The Hall–Kier alpha value is -3.98. The number of carbonyl (C=O) groups excluding carboxylic acids is 1. The second-order valence-electron chi connectivity index (χ2n) is 6.95. The van der Waals surface area contributed by atoms with Gasteiger partial charge in [0.15, 0.2) is 17.2 Å². The monoisotopic (exact) mass is 462 g/mol. The first kappa shape index (κ1) is 22.2. The first-order chi connectivity index (χ1) is 16.1. The number of carbonyl (C=O) groups is 1. The predicted molar refractivity (Wildman–Crippen MR) is 127 cm³/mol. The third kappa shape index (κ3) is 5.09. The van der Waals surface area contributed by atoms with Gasteiger partial charge < -0.3 is 19.5 Å². The van der Waals surface area contributed by atoms with E-state index in [0.29, 0.717) is 23.9 Å². The van der Waals surface area contributed by atoms with Crippen molar-refractivity contribution in [2.24, 2.45) is 0 Å². The molecular formula is C24H22N4O4S. The van der Waals surface area contributed by atoms with Gasteiger partial charge in [-0.05, 0) is 35.9 Å². The number of nitrogens with one attached hydrogen (secondary N) is 1. The lowest BCUT2D eigenvalue weighted by atomic mass is 10.1. The number of anilines is 1. The Labute approximate surface area is 195 Å². The van der Waals surface area contributed by atoms with Crippen LogP contribution in [0.3, 0.4) is 0 Å². The van der Waals surface area contributed by atoms with Gasteiger partial charge in [0, 0.05) is 23.1 Å². The summed E-state index contributed by atoms with van der Waals surface area (Å²) in [5.41, 5.74) is 4.14. The molecule has 0 atom stereocenters. The molecule has 2 aromatic heterocycles. The fraction of sp³-hybridized carbons (Fsp3) is 0.167. The van der Waals surface area contributed by atoms with Gasteiger partial charge in [0.05, 0.1) is 27.0 Å². The molecule has 4 rings (SSSR count). The number of rotatable bonds is 8. The maximum absolute atomic E-state index is 11.4. The Morgan fingerprint density at radius 3 is 2.33 bits per heavy atom. The van der Waals surface area contributed by atoms with Gasteiger partial charge in [-0.3, -0.25) is 0 Å². The molecule has 0 fully saturated rings. The third-order valence-corrected chi connectivity index (χ3v) is 5.81. The fourth-order valence-electron chi connectivity index (χ4n) is 3.13. The number of thiazole rings is 1. The Morgan fingerprint density at radius 1 is 0.909 bits per heavy atom. The Bertz CT molecular complexity index is 1240. The van der Waals surface area contributed by atoms with Gasteiger partial charge in [-0.1, -0.05) is 24.3 Å². The van der Waals surface area contributed by atoms with Gasteiger partial charge in [-0.15, -0.1) is 21.5 Å². The molecule has 0 aliphatic rings. The van der Waals surface area contributed by atoms with Gasteiger partial charge >= 0.3 is 5.97 Å². The lowest BCUT2D eigenvalue weighted by Crippen LogP contribution is -2.08. The van der Waals surface area contributed by atoms with Gasteiger partial charge in [0.2, 0.25) is 0 Å². The molecule has 0 saturated heterocycles. The molecule has 0 spiro atoms. The molecule has 0 saturated carbocycles. The summed E-state index contributed by atoms with van der Waals surface area (Å²) in [5.74, 6) is 1.42. The smallest absolute Gasteiger partial charge is 0.358 e. The predicted octanol–water partition coefficient (Wildman–Crippen LogP) is 4.68. The van der Waals surface area contributed by atoms with Gasteiger partial charge in [0.25, 0.3) is 0 Å². The van der Waals surface area contributed by atoms with Crippen molar-refractivity contribution in [3.63, 3.8) is 0 Å². The van der Waals surface area contributed by atoms with E-state index in [9.17, 15) is 4.79 Å². The van der Waals surface area contributed by atoms with E-state index in [-0.39, 0.29) is 5.69 Å². The quantitative estimate of drug-likeness (QED) is 0.377. The van der Waals surface area contributed by atoms with Crippen molar-refractivity contribution in [2.75, 3.05) is 26.6 Å². The number of ether oxygens (including phenoxy) is 3. The van der Waals surface area contributed by atoms with Gasteiger partial charge in [-0.25, -0.2) is 9.78 Å². The van der Waals surface area contributed by atoms with E-state index >= 15 is 0 Å². The molecule has 0 unspecified atom stereocenters. The topological polar surface area (TPSA) is 95.5 Å². The standard InChI is InChI=1S/C24H22N4O4S/c1-30-20-10-8-17(12-21(20)31-2)19-14-33-23(26-19)16-6-4-15(5-7-16)13-25-22-11-9-18(27-28-22)24(29)32-3/h4-12,14H,13H2,1-3H3,(H,25,28). The van der Waals surface area contributed by atoms with Crippen molar-refractivity contribution in [1.82, 2.24) is 15.2 Å². The summed E-state index contributed by atoms with van der Waals surface area (Å²) in [6.45, 7) is 0.571. The summed E-state index contributed by atoms with van der Waals surface area (Å²) >= 11 is 1.59. The van der Waals surface area contributed by atoms with Gasteiger partial charge in [0.1, 0.15) is 10.8 Å². The molecule has 4 aromatic rings. The second-order valence-corrected chi connectivity index (χ2v) is 7.81. The first-order valence-electron chi connectivity index (χ1n) is 10.0. The summed E-state index contributed by atoms with van der Waals surface area (Å²) in [6.07, 6.45) is 0. The van der Waals surface area contributed by atoms with E-state index in [2.05, 4.69) is 20.3 Å². The van der Waals surface area contributed by atoms with E-state index < -0.39 is 5.97 Å². The van der Waals surface area contributed by atoms with Crippen LogP contribution in [0.25, 0.3) is 21.8 Å². The summed E-state index contributed by atoms with van der Waals surface area (Å²) < 4.78 is 15.3. The lowest BCUT2D eigenvalue weighted by molar-refractivity contribution is 0.0592. The molecular weight excluding hydrogens is 440 g/mol. The SMILES string of the molecule is COC(=O)c1ccc(NCc2ccc(-c3nc(-c4ccc(OC)c(OC)c4)cs3)cc2)nn1. The minimum absolute atomic E-state index is 0.170. The lowest BCUT2D eigenvalue weighted by Gasteiger charge is -2.08. The number of hydrogen-bond donors (Lipinski definition) is 1. The average Bonchev–Trinajstić information content (AvgIpc) is 3.37. The highest BCUT2D eigenvalue weighted by molar-refractivity contribution is 7.13. The highest BCUT2D eigenvalue weighted by atomic mass is 32.1. The first-order valence-corrected chi connectivity index (χ1v) is 10.9. The van der Waals surface area contributed by atoms with Crippen molar-refractivity contribution >= 4 is 23.1 Å². The minimum Gasteiger partial charge on any atom is -0.493 e. The number of hydrogen-bond acceptors (Lipinski definition) is 9. The number of nitrogens with zero attached hydrogens (tertiary/aromatic N) is 3. The van der Waals surface area contributed by atoms with Crippen molar-refractivity contribution in [3.05, 3.63) is 71.2 Å². The third-order valence-electron chi connectivity index (χ3n) is 4.92. The van der Waals surface area contributed by atoms with Crippen molar-refractivity contribution in [2.45, 2.75) is 6.54 Å². The zero-order chi connectivity index (χ0) is 23.2. The Morgan fingerprint density at radius 2 is 1.67 bits per heavy atom. The zero-order valence-corrected chi connectivity index (χ0v) is 19.2. The molecule has 2 heterocycles. The van der Waals surface area contributed by atoms with E-state index in [4.69, 9.17) is 14.5 Å². The van der Waals surface area contributed by atoms with Crippen molar-refractivity contribution in [3.8, 4) is 33.3 Å². The molecule has 1 N–H and O–H groups in total. The second kappa shape index (κ2) is 10.1. The molecule has 33 heavy (non-hydrogen) atoms. The molecule has 168 valence electrons.